The van der Waals surface area contributed by atoms with Gasteiger partial charge in [-0.15, -0.1) is 5.06 Å². The summed E-state index contributed by atoms with van der Waals surface area (Å²) in [7, 11) is 2.49. The Bertz CT molecular complexity index is 1510. The Kier molecular flexibility index (Phi) is 26.8. The fourth-order valence-corrected chi connectivity index (χ4v) is 4.68. The smallest absolute Gasteiger partial charge is 0.408 e. The molecule has 0 unspecified atom stereocenters. The van der Waals surface area contributed by atoms with E-state index in [-0.39, 0.29) is 37.6 Å². The zero-order chi connectivity index (χ0) is 48.5. The topological polar surface area (TPSA) is 358 Å². The van der Waals surface area contributed by atoms with E-state index in [2.05, 4.69) is 31.3 Å². The van der Waals surface area contributed by atoms with Crippen molar-refractivity contribution in [3.63, 3.8) is 0 Å². The van der Waals surface area contributed by atoms with E-state index < -0.39 is 95.2 Å². The minimum atomic E-state index is -1.03. The third-order valence-electron chi connectivity index (χ3n) is 7.67. The summed E-state index contributed by atoms with van der Waals surface area (Å²) in [5.74, 6) is -4.18. The van der Waals surface area contributed by atoms with E-state index in [0.717, 1.165) is 0 Å². The van der Waals surface area contributed by atoms with Crippen LogP contribution >= 0.6 is 0 Å². The van der Waals surface area contributed by atoms with Crippen LogP contribution in [0.2, 0.25) is 0 Å². The number of methoxy groups -OCH3 is 2. The fraction of sp³-hybridized carbons (Fsp3) is 0.737. The van der Waals surface area contributed by atoms with Crippen molar-refractivity contribution in [2.75, 3.05) is 27.3 Å². The van der Waals surface area contributed by atoms with Crippen LogP contribution in [0.1, 0.15) is 108 Å². The molecule has 0 aromatic heterocycles. The molecule has 24 heteroatoms. The van der Waals surface area contributed by atoms with Crippen LogP contribution in [0.25, 0.3) is 0 Å². The molecular weight excluding hydrogens is 822 g/mol. The number of amides is 9. The van der Waals surface area contributed by atoms with Crippen molar-refractivity contribution in [2.24, 2.45) is 29.0 Å². The van der Waals surface area contributed by atoms with E-state index in [9.17, 15) is 47.9 Å². The van der Waals surface area contributed by atoms with E-state index in [0.29, 0.717) is 30.9 Å². The summed E-state index contributed by atoms with van der Waals surface area (Å²) in [6.07, 6.45) is 0.214. The molecule has 1 aliphatic rings. The van der Waals surface area contributed by atoms with Crippen LogP contribution in [0.15, 0.2) is 0 Å². The molecule has 0 spiro atoms. The van der Waals surface area contributed by atoms with Crippen molar-refractivity contribution in [2.45, 2.75) is 143 Å². The molecule has 0 bridgehead atoms. The van der Waals surface area contributed by atoms with Crippen LogP contribution in [-0.4, -0.2) is 128 Å². The number of rotatable bonds is 18. The number of urea groups is 2. The summed E-state index contributed by atoms with van der Waals surface area (Å²) in [6.45, 7) is 17.8. The number of carbonyl (C=O) groups excluding carboxylic acids is 10. The van der Waals surface area contributed by atoms with E-state index in [1.165, 1.54) is 14.2 Å². The zero-order valence-electron chi connectivity index (χ0n) is 37.9. The Morgan fingerprint density at radius 1 is 0.629 bits per heavy atom. The number of primary amides is 2. The van der Waals surface area contributed by atoms with Crippen LogP contribution in [0.5, 0.6) is 0 Å². The normalized spacial score (nSPS) is 14.2. The average Bonchev–Trinajstić information content (AvgIpc) is 3.45. The van der Waals surface area contributed by atoms with Gasteiger partial charge in [0.1, 0.15) is 35.4 Å². The highest BCUT2D eigenvalue weighted by molar-refractivity contribution is 6.02. The Morgan fingerprint density at radius 2 is 1.03 bits per heavy atom. The molecule has 1 aliphatic heterocycles. The SMILES string of the molecule is CC(C)[C@H](NC(=O)OC(C)(C)C)C(=O)ON1C(=O)CCC1=O.COC(=O)[C@@H](N)CCCNC(N)=O.COC(=O)[C@H](CCCNC(N)=O)NC(=O)[C@@H](NC(=O)OC(C)(C)C)C(C)C. The maximum Gasteiger partial charge on any atom is 0.408 e. The molecule has 356 valence electrons. The first-order valence-corrected chi connectivity index (χ1v) is 19.8. The second kappa shape index (κ2) is 28.6. The van der Waals surface area contributed by atoms with E-state index in [1.807, 2.05) is 0 Å². The lowest BCUT2D eigenvalue weighted by Gasteiger charge is -2.26. The molecule has 9 amide bonds. The molecule has 0 aromatic carbocycles. The molecule has 0 aliphatic carbocycles. The number of hydroxylamine groups is 2. The van der Waals surface area contributed by atoms with Gasteiger partial charge in [-0.2, -0.15) is 0 Å². The number of nitrogens with zero attached hydrogens (tertiary/aromatic N) is 1. The largest absolute Gasteiger partial charge is 0.468 e. The Balaban J connectivity index is 0. The standard InChI is InChI=1S/C17H32N4O6.C14H22N2O6.C7H15N3O3/c1-10(2)12(21-16(25)27-17(3,4)5)13(22)20-11(14(23)26-6)8-7-9-19-15(18)24;1-8(2)11(15-13(20)21-14(3,4)5)12(19)22-16-9(17)6-7-10(16)18;1-13-6(11)5(8)3-2-4-10-7(9)12/h10-12H,7-9H2,1-6H3,(H,20,22)(H,21,25)(H3,18,19,24);8,11H,6-7H2,1-5H3,(H,15,20);5H,2-4,8H2,1H3,(H3,9,10,12)/t11-,12-;11-;5-/m000/s1. The van der Waals surface area contributed by atoms with Crippen LogP contribution in [0.3, 0.4) is 0 Å². The van der Waals surface area contributed by atoms with Crippen molar-refractivity contribution in [3.05, 3.63) is 0 Å². The Morgan fingerprint density at radius 3 is 1.40 bits per heavy atom. The lowest BCUT2D eigenvalue weighted by molar-refractivity contribution is -0.199. The molecule has 1 heterocycles. The number of hydrogen-bond donors (Lipinski definition) is 8. The van der Waals surface area contributed by atoms with Gasteiger partial charge in [0.2, 0.25) is 5.91 Å². The monoisotopic (exact) mass is 891 g/mol. The number of alkyl carbamates (subject to hydrolysis) is 2. The number of esters is 2. The fourth-order valence-electron chi connectivity index (χ4n) is 4.68. The molecule has 11 N–H and O–H groups in total. The van der Waals surface area contributed by atoms with Crippen LogP contribution in [0.4, 0.5) is 19.2 Å². The van der Waals surface area contributed by atoms with Crippen molar-refractivity contribution in [1.29, 1.82) is 0 Å². The summed E-state index contributed by atoms with van der Waals surface area (Å²) in [6, 6.07) is -4.72. The highest BCUT2D eigenvalue weighted by atomic mass is 16.7. The van der Waals surface area contributed by atoms with Crippen LogP contribution < -0.4 is 43.8 Å². The quantitative estimate of drug-likeness (QED) is 0.0407. The molecule has 0 aromatic rings. The molecule has 4 atom stereocenters. The molecular formula is C38H69N9O15. The first-order chi connectivity index (χ1) is 28.5. The molecule has 0 saturated carbocycles. The van der Waals surface area contributed by atoms with E-state index in [4.69, 9.17) is 36.2 Å². The van der Waals surface area contributed by atoms with E-state index in [1.54, 1.807) is 69.2 Å². The van der Waals surface area contributed by atoms with Crippen molar-refractivity contribution in [1.82, 2.24) is 31.6 Å². The van der Waals surface area contributed by atoms with Crippen molar-refractivity contribution in [3.8, 4) is 0 Å². The number of hydrogen-bond acceptors (Lipinski definition) is 16. The first kappa shape index (κ1) is 58.2. The van der Waals surface area contributed by atoms with Gasteiger partial charge in [0.05, 0.1) is 14.2 Å². The van der Waals surface area contributed by atoms with E-state index >= 15 is 0 Å². The summed E-state index contributed by atoms with van der Waals surface area (Å²) >= 11 is 0. The molecule has 62 heavy (non-hydrogen) atoms. The van der Waals surface area contributed by atoms with Gasteiger partial charge >= 0.3 is 42.2 Å². The first-order valence-electron chi connectivity index (χ1n) is 19.8. The maximum atomic E-state index is 12.6. The third-order valence-corrected chi connectivity index (χ3v) is 7.67. The Hall–Kier alpha value is -5.94. The van der Waals surface area contributed by atoms with Crippen LogP contribution in [0, 0.1) is 11.8 Å². The Labute approximate surface area is 362 Å². The van der Waals surface area contributed by atoms with Crippen molar-refractivity contribution < 1.29 is 71.7 Å². The number of ether oxygens (including phenoxy) is 4. The number of nitrogens with one attached hydrogen (secondary N) is 5. The lowest BCUT2D eigenvalue weighted by Crippen LogP contribution is -2.54. The highest BCUT2D eigenvalue weighted by Gasteiger charge is 2.37. The van der Waals surface area contributed by atoms with Crippen molar-refractivity contribution >= 4 is 59.9 Å². The highest BCUT2D eigenvalue weighted by Crippen LogP contribution is 2.15. The number of nitrogens with two attached hydrogens (primary N) is 3. The van der Waals surface area contributed by atoms with Crippen LogP contribution in [-0.2, 0) is 52.6 Å². The van der Waals surface area contributed by atoms with Gasteiger partial charge < -0.3 is 67.6 Å². The lowest BCUT2D eigenvalue weighted by atomic mass is 10.0. The second-order valence-electron chi connectivity index (χ2n) is 16.3. The predicted octanol–water partition coefficient (Wildman–Crippen LogP) is 0.720. The van der Waals surface area contributed by atoms with Gasteiger partial charge in [-0.25, -0.2) is 28.8 Å². The average molecular weight is 892 g/mol. The van der Waals surface area contributed by atoms with Gasteiger partial charge in [-0.3, -0.25) is 19.2 Å². The summed E-state index contributed by atoms with van der Waals surface area (Å²) in [4.78, 5) is 120. The predicted molar refractivity (Wildman–Crippen MR) is 221 cm³/mol. The number of carbonyl (C=O) groups is 10. The summed E-state index contributed by atoms with van der Waals surface area (Å²) in [5, 5.41) is 12.7. The van der Waals surface area contributed by atoms with Gasteiger partial charge in [0.15, 0.2) is 0 Å². The molecule has 1 rings (SSSR count). The molecule has 24 nitrogen and oxygen atoms in total. The van der Waals surface area contributed by atoms with Gasteiger partial charge in [-0.05, 0) is 79.1 Å². The van der Waals surface area contributed by atoms with Gasteiger partial charge in [-0.1, -0.05) is 27.7 Å². The molecule has 1 fully saturated rings. The zero-order valence-corrected chi connectivity index (χ0v) is 37.9. The summed E-state index contributed by atoms with van der Waals surface area (Å²) < 4.78 is 19.4. The summed E-state index contributed by atoms with van der Waals surface area (Å²) in [5.41, 5.74) is 13.8. The number of imide groups is 1. The minimum Gasteiger partial charge on any atom is -0.468 e. The van der Waals surface area contributed by atoms with Gasteiger partial charge in [0, 0.05) is 25.9 Å². The minimum absolute atomic E-state index is 0.0119. The maximum absolute atomic E-state index is 12.6. The molecule has 1 saturated heterocycles. The third kappa shape index (κ3) is 27.0. The second-order valence-corrected chi connectivity index (χ2v) is 16.3. The molecule has 0 radical (unpaired) electrons. The van der Waals surface area contributed by atoms with Gasteiger partial charge in [0.25, 0.3) is 11.8 Å².